The second kappa shape index (κ2) is 8.33. The maximum Gasteiger partial charge on any atom is 0.275 e. The van der Waals surface area contributed by atoms with E-state index in [9.17, 15) is 13.2 Å². The van der Waals surface area contributed by atoms with Gasteiger partial charge in [-0.3, -0.25) is 10.2 Å². The van der Waals surface area contributed by atoms with Crippen molar-refractivity contribution in [2.24, 2.45) is 0 Å². The van der Waals surface area contributed by atoms with Crippen molar-refractivity contribution < 1.29 is 22.7 Å². The minimum absolute atomic E-state index is 0.0285. The maximum absolute atomic E-state index is 12.1. The predicted octanol–water partition coefficient (Wildman–Crippen LogP) is 1.34. The average molecular weight is 375 g/mol. The van der Waals surface area contributed by atoms with Gasteiger partial charge in [0.1, 0.15) is 11.5 Å². The van der Waals surface area contributed by atoms with E-state index in [1.54, 1.807) is 24.3 Å². The molecule has 2 N–H and O–H groups in total. The summed E-state index contributed by atoms with van der Waals surface area (Å²) in [7, 11) is -2.46. The van der Waals surface area contributed by atoms with Crippen LogP contribution in [0.3, 0.4) is 0 Å². The van der Waals surface area contributed by atoms with E-state index in [1.165, 1.54) is 38.3 Å². The zero-order valence-corrected chi connectivity index (χ0v) is 14.9. The molecule has 136 valence electrons. The van der Waals surface area contributed by atoms with Crippen molar-refractivity contribution in [2.45, 2.75) is 17.9 Å². The number of carbonyl (C=O) groups is 1. The quantitative estimate of drug-likeness (QED) is 0.705. The molecule has 0 bridgehead atoms. The van der Waals surface area contributed by atoms with Crippen LogP contribution in [0.2, 0.25) is 0 Å². The van der Waals surface area contributed by atoms with Crippen LogP contribution in [0.4, 0.5) is 0 Å². The summed E-state index contributed by atoms with van der Waals surface area (Å²) in [5.41, 5.74) is 2.57. The van der Waals surface area contributed by atoms with Gasteiger partial charge in [0, 0.05) is 0 Å². The van der Waals surface area contributed by atoms with Gasteiger partial charge in [-0.05, 0) is 55.5 Å². The molecule has 0 aliphatic rings. The van der Waals surface area contributed by atoms with E-state index in [4.69, 9.17) is 14.7 Å². The van der Waals surface area contributed by atoms with Crippen LogP contribution in [0.25, 0.3) is 0 Å². The van der Waals surface area contributed by atoms with Crippen LogP contribution in [-0.4, -0.2) is 27.5 Å². The first kappa shape index (κ1) is 19.2. The molecule has 26 heavy (non-hydrogen) atoms. The predicted molar refractivity (Wildman–Crippen MR) is 92.7 cm³/mol. The lowest BCUT2D eigenvalue weighted by molar-refractivity contribution is -0.127. The Balaban J connectivity index is 1.94. The van der Waals surface area contributed by atoms with Crippen molar-refractivity contribution in [2.75, 3.05) is 7.11 Å². The number of sulfonamides is 1. The third kappa shape index (κ3) is 4.95. The van der Waals surface area contributed by atoms with Gasteiger partial charge in [0.25, 0.3) is 15.9 Å². The van der Waals surface area contributed by atoms with Crippen molar-refractivity contribution in [1.29, 1.82) is 5.26 Å². The highest BCUT2D eigenvalue weighted by molar-refractivity contribution is 7.89. The van der Waals surface area contributed by atoms with Crippen LogP contribution in [0.1, 0.15) is 12.5 Å². The zero-order valence-electron chi connectivity index (χ0n) is 14.1. The molecule has 0 spiro atoms. The Labute approximate surface area is 151 Å². The second-order valence-corrected chi connectivity index (χ2v) is 6.85. The highest BCUT2D eigenvalue weighted by Gasteiger charge is 2.19. The molecule has 1 amide bonds. The number of methoxy groups -OCH3 is 1. The van der Waals surface area contributed by atoms with Crippen LogP contribution in [0, 0.1) is 11.3 Å². The van der Waals surface area contributed by atoms with Crippen LogP contribution in [-0.2, 0) is 14.8 Å². The number of carbonyl (C=O) groups excluding carboxylic acids is 1. The Hall–Kier alpha value is -3.09. The molecule has 0 aromatic heterocycles. The number of benzene rings is 2. The van der Waals surface area contributed by atoms with E-state index in [0.717, 1.165) is 0 Å². The van der Waals surface area contributed by atoms with Gasteiger partial charge in [0.15, 0.2) is 6.10 Å². The van der Waals surface area contributed by atoms with Gasteiger partial charge >= 0.3 is 0 Å². The molecule has 0 heterocycles. The number of hydrazine groups is 1. The summed E-state index contributed by atoms with van der Waals surface area (Å²) in [6, 6.07) is 13.8. The third-order valence-corrected chi connectivity index (χ3v) is 4.61. The molecule has 9 heteroatoms. The van der Waals surface area contributed by atoms with E-state index in [1.807, 2.05) is 10.9 Å². The number of nitrogens with one attached hydrogen (secondary N) is 2. The number of rotatable bonds is 7. The van der Waals surface area contributed by atoms with E-state index < -0.39 is 22.0 Å². The van der Waals surface area contributed by atoms with E-state index in [2.05, 4.69) is 5.43 Å². The first-order chi connectivity index (χ1) is 12.4. The molecule has 0 saturated carbocycles. The van der Waals surface area contributed by atoms with Gasteiger partial charge < -0.3 is 9.47 Å². The molecule has 0 saturated heterocycles. The lowest BCUT2D eigenvalue weighted by Gasteiger charge is -2.15. The van der Waals surface area contributed by atoms with Crippen molar-refractivity contribution >= 4 is 15.9 Å². The molecular formula is C17H17N3O5S. The molecule has 0 radical (unpaired) electrons. The molecule has 2 aromatic rings. The van der Waals surface area contributed by atoms with Gasteiger partial charge in [0.2, 0.25) is 0 Å². The molecule has 2 aromatic carbocycles. The Morgan fingerprint density at radius 2 is 1.65 bits per heavy atom. The van der Waals surface area contributed by atoms with Gasteiger partial charge in [-0.2, -0.15) is 5.26 Å². The molecule has 0 aliphatic heterocycles. The lowest BCUT2D eigenvalue weighted by Crippen LogP contribution is -2.47. The SMILES string of the molecule is COc1ccc(S(=O)(=O)NNC(=O)[C@H](C)Oc2ccc(C#N)cc2)cc1. The number of amides is 1. The minimum atomic E-state index is -3.92. The fraction of sp³-hybridized carbons (Fsp3) is 0.176. The topological polar surface area (TPSA) is 118 Å². The van der Waals surface area contributed by atoms with Crippen molar-refractivity contribution in [3.05, 3.63) is 54.1 Å². The highest BCUT2D eigenvalue weighted by Crippen LogP contribution is 2.15. The fourth-order valence-corrected chi connectivity index (χ4v) is 2.75. The summed E-state index contributed by atoms with van der Waals surface area (Å²) < 4.78 is 34.7. The molecule has 1 atom stereocenters. The zero-order chi connectivity index (χ0) is 19.2. The molecule has 8 nitrogen and oxygen atoms in total. The van der Waals surface area contributed by atoms with Crippen molar-refractivity contribution in [3.63, 3.8) is 0 Å². The summed E-state index contributed by atoms with van der Waals surface area (Å²) >= 11 is 0. The summed E-state index contributed by atoms with van der Waals surface area (Å²) in [4.78, 5) is 14.0. The van der Waals surface area contributed by atoms with Crippen LogP contribution < -0.4 is 19.7 Å². The van der Waals surface area contributed by atoms with E-state index in [-0.39, 0.29) is 4.90 Å². The molecular weight excluding hydrogens is 358 g/mol. The average Bonchev–Trinajstić information content (AvgIpc) is 2.66. The summed E-state index contributed by atoms with van der Waals surface area (Å²) in [6.45, 7) is 1.47. The van der Waals surface area contributed by atoms with E-state index in [0.29, 0.717) is 17.1 Å². The number of ether oxygens (including phenoxy) is 2. The Kier molecular flexibility index (Phi) is 6.16. The normalized spacial score (nSPS) is 11.9. The van der Waals surface area contributed by atoms with Gasteiger partial charge in [-0.1, -0.05) is 0 Å². The van der Waals surface area contributed by atoms with Crippen molar-refractivity contribution in [1.82, 2.24) is 10.3 Å². The van der Waals surface area contributed by atoms with Crippen LogP contribution >= 0.6 is 0 Å². The summed E-state index contributed by atoms with van der Waals surface area (Å²) in [5, 5.41) is 8.74. The van der Waals surface area contributed by atoms with Crippen LogP contribution in [0.15, 0.2) is 53.4 Å². The summed E-state index contributed by atoms with van der Waals surface area (Å²) in [6.07, 6.45) is -0.957. The largest absolute Gasteiger partial charge is 0.497 e. The number of nitrogens with zero attached hydrogens (tertiary/aromatic N) is 1. The summed E-state index contributed by atoms with van der Waals surface area (Å²) in [5.74, 6) is 0.216. The van der Waals surface area contributed by atoms with Gasteiger partial charge in [-0.15, -0.1) is 4.83 Å². The smallest absolute Gasteiger partial charge is 0.275 e. The van der Waals surface area contributed by atoms with Gasteiger partial charge in [-0.25, -0.2) is 8.42 Å². The Morgan fingerprint density at radius 1 is 1.08 bits per heavy atom. The van der Waals surface area contributed by atoms with Crippen LogP contribution in [0.5, 0.6) is 11.5 Å². The fourth-order valence-electron chi connectivity index (χ4n) is 1.90. The maximum atomic E-state index is 12.1. The van der Waals surface area contributed by atoms with Crippen molar-refractivity contribution in [3.8, 4) is 17.6 Å². The Morgan fingerprint density at radius 3 is 2.19 bits per heavy atom. The molecule has 0 fully saturated rings. The first-order valence-electron chi connectivity index (χ1n) is 7.48. The standard InChI is InChI=1S/C17H17N3O5S/c1-12(25-15-5-3-13(11-18)4-6-15)17(21)19-20-26(22,23)16-9-7-14(24-2)8-10-16/h3-10,12,20H,1-2H3,(H,19,21)/t12-/m0/s1. The van der Waals surface area contributed by atoms with Gasteiger partial charge in [0.05, 0.1) is 23.6 Å². The first-order valence-corrected chi connectivity index (χ1v) is 8.96. The molecule has 0 unspecified atom stereocenters. The number of nitriles is 1. The minimum Gasteiger partial charge on any atom is -0.497 e. The molecule has 2 rings (SSSR count). The lowest BCUT2D eigenvalue weighted by atomic mass is 10.2. The molecule has 0 aliphatic carbocycles. The second-order valence-electron chi connectivity index (χ2n) is 5.17. The Bertz CT molecular complexity index is 903. The third-order valence-electron chi connectivity index (χ3n) is 3.34. The highest BCUT2D eigenvalue weighted by atomic mass is 32.2. The monoisotopic (exact) mass is 375 g/mol. The van der Waals surface area contributed by atoms with E-state index >= 15 is 0 Å². The number of hydrogen-bond donors (Lipinski definition) is 2. The number of hydrogen-bond acceptors (Lipinski definition) is 6.